The predicted molar refractivity (Wildman–Crippen MR) is 58.9 cm³/mol. The highest BCUT2D eigenvalue weighted by Crippen LogP contribution is 2.26. The van der Waals surface area contributed by atoms with Crippen LogP contribution in [0.1, 0.15) is 46.5 Å². The smallest absolute Gasteiger partial charge is 0.0638 e. The molecule has 0 aromatic heterocycles. The molecule has 0 bridgehead atoms. The highest BCUT2D eigenvalue weighted by molar-refractivity contribution is 4.88. The van der Waals surface area contributed by atoms with Crippen molar-refractivity contribution in [1.29, 1.82) is 5.26 Å². The summed E-state index contributed by atoms with van der Waals surface area (Å²) < 4.78 is 0. The standard InChI is InChI=1S/C12H22N2/c1-4-12(7-8-13)14-9-5-6-10(2)11(14)3/h10-12H,4-7,9H2,1-3H3. The Morgan fingerprint density at radius 3 is 2.79 bits per heavy atom. The molecule has 3 unspecified atom stereocenters. The Morgan fingerprint density at radius 2 is 2.21 bits per heavy atom. The summed E-state index contributed by atoms with van der Waals surface area (Å²) in [6, 6.07) is 3.45. The van der Waals surface area contributed by atoms with Crippen LogP contribution < -0.4 is 0 Å². The molecule has 2 heteroatoms. The third-order valence-corrected chi connectivity index (χ3v) is 3.69. The molecule has 14 heavy (non-hydrogen) atoms. The van der Waals surface area contributed by atoms with Crippen LogP contribution in [0.5, 0.6) is 0 Å². The molecule has 1 saturated heterocycles. The van der Waals surface area contributed by atoms with Crippen molar-refractivity contribution in [3.8, 4) is 6.07 Å². The average molecular weight is 194 g/mol. The van der Waals surface area contributed by atoms with Gasteiger partial charge in [-0.2, -0.15) is 5.26 Å². The van der Waals surface area contributed by atoms with Gasteiger partial charge in [0.1, 0.15) is 0 Å². The van der Waals surface area contributed by atoms with Gasteiger partial charge in [-0.15, -0.1) is 0 Å². The van der Waals surface area contributed by atoms with E-state index in [0.717, 1.165) is 12.3 Å². The van der Waals surface area contributed by atoms with E-state index in [1.807, 2.05) is 0 Å². The zero-order chi connectivity index (χ0) is 10.6. The molecule has 0 radical (unpaired) electrons. The van der Waals surface area contributed by atoms with Crippen LogP contribution in [0.4, 0.5) is 0 Å². The van der Waals surface area contributed by atoms with Gasteiger partial charge < -0.3 is 0 Å². The molecule has 0 saturated carbocycles. The Balaban J connectivity index is 2.59. The zero-order valence-corrected chi connectivity index (χ0v) is 9.66. The quantitative estimate of drug-likeness (QED) is 0.690. The maximum atomic E-state index is 8.77. The summed E-state index contributed by atoms with van der Waals surface area (Å²) in [5.74, 6) is 0.788. The van der Waals surface area contributed by atoms with Gasteiger partial charge in [-0.05, 0) is 38.6 Å². The van der Waals surface area contributed by atoms with Crippen LogP contribution in [0.3, 0.4) is 0 Å². The summed E-state index contributed by atoms with van der Waals surface area (Å²) in [4.78, 5) is 2.54. The van der Waals surface area contributed by atoms with E-state index in [1.165, 1.54) is 19.4 Å². The third-order valence-electron chi connectivity index (χ3n) is 3.69. The first-order chi connectivity index (χ1) is 6.70. The maximum Gasteiger partial charge on any atom is 0.0638 e. The second kappa shape index (κ2) is 5.36. The van der Waals surface area contributed by atoms with E-state index in [9.17, 15) is 0 Å². The number of nitrogens with zero attached hydrogens (tertiary/aromatic N) is 2. The Morgan fingerprint density at radius 1 is 1.50 bits per heavy atom. The molecule has 1 aliphatic rings. The van der Waals surface area contributed by atoms with Crippen LogP contribution >= 0.6 is 0 Å². The lowest BCUT2D eigenvalue weighted by atomic mass is 9.90. The van der Waals surface area contributed by atoms with Gasteiger partial charge in [0.15, 0.2) is 0 Å². The van der Waals surface area contributed by atoms with E-state index >= 15 is 0 Å². The number of likely N-dealkylation sites (tertiary alicyclic amines) is 1. The monoisotopic (exact) mass is 194 g/mol. The van der Waals surface area contributed by atoms with Crippen LogP contribution in [-0.2, 0) is 0 Å². The van der Waals surface area contributed by atoms with E-state index in [4.69, 9.17) is 5.26 Å². The fourth-order valence-electron chi connectivity index (χ4n) is 2.48. The van der Waals surface area contributed by atoms with Crippen molar-refractivity contribution in [2.24, 2.45) is 5.92 Å². The van der Waals surface area contributed by atoms with Crippen molar-refractivity contribution >= 4 is 0 Å². The van der Waals surface area contributed by atoms with Crippen molar-refractivity contribution in [2.45, 2.75) is 58.5 Å². The normalized spacial score (nSPS) is 31.0. The van der Waals surface area contributed by atoms with Crippen molar-refractivity contribution in [3.63, 3.8) is 0 Å². The van der Waals surface area contributed by atoms with Crippen LogP contribution in [0.15, 0.2) is 0 Å². The minimum absolute atomic E-state index is 0.484. The predicted octanol–water partition coefficient (Wildman–Crippen LogP) is 2.80. The Hall–Kier alpha value is -0.550. The van der Waals surface area contributed by atoms with Crippen LogP contribution in [0, 0.1) is 17.2 Å². The lowest BCUT2D eigenvalue weighted by molar-refractivity contribution is 0.0678. The molecule has 80 valence electrons. The first-order valence-electron chi connectivity index (χ1n) is 5.83. The molecule has 3 atom stereocenters. The first kappa shape index (κ1) is 11.5. The number of piperidine rings is 1. The second-order valence-corrected chi connectivity index (χ2v) is 4.52. The van der Waals surface area contributed by atoms with Gasteiger partial charge in [0.05, 0.1) is 12.5 Å². The maximum absolute atomic E-state index is 8.77. The summed E-state index contributed by atoms with van der Waals surface area (Å²) in [5.41, 5.74) is 0. The fraction of sp³-hybridized carbons (Fsp3) is 0.917. The first-order valence-corrected chi connectivity index (χ1v) is 5.83. The molecule has 0 spiro atoms. The minimum atomic E-state index is 0.484. The molecule has 2 nitrogen and oxygen atoms in total. The lowest BCUT2D eigenvalue weighted by Gasteiger charge is -2.42. The average Bonchev–Trinajstić information content (AvgIpc) is 2.19. The molecule has 0 amide bonds. The summed E-state index contributed by atoms with van der Waals surface area (Å²) in [5, 5.41) is 8.77. The van der Waals surface area contributed by atoms with E-state index in [0.29, 0.717) is 18.5 Å². The van der Waals surface area contributed by atoms with Gasteiger partial charge in [0.2, 0.25) is 0 Å². The Kier molecular flexibility index (Phi) is 4.41. The van der Waals surface area contributed by atoms with Gasteiger partial charge in [-0.25, -0.2) is 0 Å². The summed E-state index contributed by atoms with van der Waals surface area (Å²) in [6.07, 6.45) is 4.44. The van der Waals surface area contributed by atoms with Gasteiger partial charge >= 0.3 is 0 Å². The number of hydrogen-bond acceptors (Lipinski definition) is 2. The molecule has 1 fully saturated rings. The molecular formula is C12H22N2. The van der Waals surface area contributed by atoms with Crippen molar-refractivity contribution in [2.75, 3.05) is 6.54 Å². The topological polar surface area (TPSA) is 27.0 Å². The molecular weight excluding hydrogens is 172 g/mol. The van der Waals surface area contributed by atoms with E-state index in [2.05, 4.69) is 31.7 Å². The molecule has 0 aliphatic carbocycles. The van der Waals surface area contributed by atoms with Crippen molar-refractivity contribution < 1.29 is 0 Å². The van der Waals surface area contributed by atoms with E-state index in [-0.39, 0.29) is 0 Å². The van der Waals surface area contributed by atoms with Crippen LogP contribution in [-0.4, -0.2) is 23.5 Å². The Bertz CT molecular complexity index is 207. The summed E-state index contributed by atoms with van der Waals surface area (Å²) in [7, 11) is 0. The van der Waals surface area contributed by atoms with Gasteiger partial charge in [0, 0.05) is 12.1 Å². The second-order valence-electron chi connectivity index (χ2n) is 4.52. The number of rotatable bonds is 3. The molecule has 1 heterocycles. The zero-order valence-electron chi connectivity index (χ0n) is 9.66. The Labute approximate surface area is 87.9 Å². The van der Waals surface area contributed by atoms with E-state index < -0.39 is 0 Å². The summed E-state index contributed by atoms with van der Waals surface area (Å²) in [6.45, 7) is 8.01. The fourth-order valence-corrected chi connectivity index (χ4v) is 2.48. The largest absolute Gasteiger partial charge is 0.296 e. The molecule has 0 N–H and O–H groups in total. The van der Waals surface area contributed by atoms with Gasteiger partial charge in [-0.3, -0.25) is 4.90 Å². The van der Waals surface area contributed by atoms with Crippen molar-refractivity contribution in [1.82, 2.24) is 4.90 Å². The molecule has 0 aromatic rings. The SMILES string of the molecule is CCC(CC#N)N1CCCC(C)C1C. The van der Waals surface area contributed by atoms with Gasteiger partial charge in [0.25, 0.3) is 0 Å². The molecule has 0 aromatic carbocycles. The highest BCUT2D eigenvalue weighted by Gasteiger charge is 2.28. The molecule has 1 rings (SSSR count). The third kappa shape index (κ3) is 2.48. The summed E-state index contributed by atoms with van der Waals surface area (Å²) >= 11 is 0. The van der Waals surface area contributed by atoms with Gasteiger partial charge in [-0.1, -0.05) is 13.8 Å². The van der Waals surface area contributed by atoms with Crippen LogP contribution in [0.25, 0.3) is 0 Å². The van der Waals surface area contributed by atoms with E-state index in [1.54, 1.807) is 0 Å². The highest BCUT2D eigenvalue weighted by atomic mass is 15.2. The van der Waals surface area contributed by atoms with Crippen LogP contribution in [0.2, 0.25) is 0 Å². The lowest BCUT2D eigenvalue weighted by Crippen LogP contribution is -2.48. The number of nitriles is 1. The molecule has 1 aliphatic heterocycles. The number of hydrogen-bond donors (Lipinski definition) is 0. The van der Waals surface area contributed by atoms with Crippen molar-refractivity contribution in [3.05, 3.63) is 0 Å². The minimum Gasteiger partial charge on any atom is -0.296 e.